The number of halogens is 1. The molecule has 3 rings (SSSR count). The first-order valence-corrected chi connectivity index (χ1v) is 12.5. The van der Waals surface area contributed by atoms with Crippen LogP contribution in [0.15, 0.2) is 77.7 Å². The summed E-state index contributed by atoms with van der Waals surface area (Å²) < 4.78 is 34.3. The summed E-state index contributed by atoms with van der Waals surface area (Å²) in [6, 6.07) is 20.5. The van der Waals surface area contributed by atoms with Crippen LogP contribution in [0.4, 0.5) is 5.69 Å². The first-order valence-electron chi connectivity index (χ1n) is 10.7. The topological polar surface area (TPSA) is 84.5 Å². The van der Waals surface area contributed by atoms with Crippen LogP contribution in [0.25, 0.3) is 0 Å². The fourth-order valence-corrected chi connectivity index (χ4v) is 4.70. The normalized spacial score (nSPS) is 12.2. The Kier molecular flexibility index (Phi) is 8.49. The molecule has 0 heterocycles. The highest BCUT2D eigenvalue weighted by molar-refractivity contribution is 7.89. The number of nitrogens with one attached hydrogen (secondary N) is 2. The Bertz CT molecular complexity index is 1180. The maximum atomic E-state index is 13.0. The zero-order chi connectivity index (χ0) is 23.8. The van der Waals surface area contributed by atoms with E-state index in [9.17, 15) is 13.2 Å². The summed E-state index contributed by atoms with van der Waals surface area (Å²) in [7, 11) is -3.80. The molecule has 0 spiro atoms. The van der Waals surface area contributed by atoms with Gasteiger partial charge in [-0.3, -0.25) is 4.79 Å². The van der Waals surface area contributed by atoms with Crippen molar-refractivity contribution in [1.82, 2.24) is 4.72 Å². The molecule has 1 amide bonds. The van der Waals surface area contributed by atoms with Gasteiger partial charge in [0.05, 0.1) is 17.2 Å². The van der Waals surface area contributed by atoms with Crippen LogP contribution < -0.4 is 14.8 Å². The summed E-state index contributed by atoms with van der Waals surface area (Å²) in [5.41, 5.74) is 1.82. The molecule has 0 aliphatic heterocycles. The molecular formula is C25H27ClN2O4S. The third kappa shape index (κ3) is 7.05. The summed E-state index contributed by atoms with van der Waals surface area (Å²) in [5, 5.41) is 3.26. The van der Waals surface area contributed by atoms with Crippen molar-refractivity contribution in [3.63, 3.8) is 0 Å². The Morgan fingerprint density at radius 2 is 1.73 bits per heavy atom. The molecule has 174 valence electrons. The van der Waals surface area contributed by atoms with Crippen molar-refractivity contribution in [2.24, 2.45) is 0 Å². The van der Waals surface area contributed by atoms with Crippen LogP contribution in [0.1, 0.15) is 36.2 Å². The number of hydrogen-bond donors (Lipinski definition) is 2. The van der Waals surface area contributed by atoms with Crippen LogP contribution in [0, 0.1) is 0 Å². The van der Waals surface area contributed by atoms with E-state index >= 15 is 0 Å². The molecule has 0 radical (unpaired) electrons. The van der Waals surface area contributed by atoms with E-state index in [-0.39, 0.29) is 16.6 Å². The molecule has 6 nitrogen and oxygen atoms in total. The highest BCUT2D eigenvalue weighted by Gasteiger charge is 2.20. The third-order valence-corrected chi connectivity index (χ3v) is 6.82. The number of ether oxygens (including phenoxy) is 1. The lowest BCUT2D eigenvalue weighted by Gasteiger charge is -2.17. The number of sulfonamides is 1. The molecule has 2 N–H and O–H groups in total. The summed E-state index contributed by atoms with van der Waals surface area (Å²) in [4.78, 5) is 12.7. The monoisotopic (exact) mass is 486 g/mol. The van der Waals surface area contributed by atoms with Gasteiger partial charge in [-0.1, -0.05) is 41.9 Å². The molecule has 33 heavy (non-hydrogen) atoms. The van der Waals surface area contributed by atoms with E-state index < -0.39 is 15.9 Å². The first kappa shape index (κ1) is 24.8. The molecule has 3 aromatic rings. The quantitative estimate of drug-likeness (QED) is 0.407. The zero-order valence-electron chi connectivity index (χ0n) is 18.5. The summed E-state index contributed by atoms with van der Waals surface area (Å²) in [5.74, 6) is -0.0118. The van der Waals surface area contributed by atoms with Gasteiger partial charge in [0, 0.05) is 16.6 Å². The van der Waals surface area contributed by atoms with Crippen molar-refractivity contribution in [3.05, 3.63) is 88.9 Å². The van der Waals surface area contributed by atoms with Crippen LogP contribution in [0.3, 0.4) is 0 Å². The summed E-state index contributed by atoms with van der Waals surface area (Å²) in [6.45, 7) is 4.01. The molecule has 8 heteroatoms. The van der Waals surface area contributed by atoms with Gasteiger partial charge in [0.25, 0.3) is 5.91 Å². The number of anilines is 1. The van der Waals surface area contributed by atoms with Gasteiger partial charge in [-0.05, 0) is 74.7 Å². The van der Waals surface area contributed by atoms with Crippen molar-refractivity contribution in [1.29, 1.82) is 0 Å². The van der Waals surface area contributed by atoms with Gasteiger partial charge in [-0.25, -0.2) is 13.1 Å². The fraction of sp³-hybridized carbons (Fsp3) is 0.240. The summed E-state index contributed by atoms with van der Waals surface area (Å²) in [6.07, 6.45) is 1.41. The molecule has 3 aromatic carbocycles. The van der Waals surface area contributed by atoms with E-state index in [0.29, 0.717) is 29.4 Å². The Morgan fingerprint density at radius 3 is 2.39 bits per heavy atom. The molecule has 0 aliphatic rings. The summed E-state index contributed by atoms with van der Waals surface area (Å²) >= 11 is 5.89. The number of carbonyl (C=O) groups is 1. The van der Waals surface area contributed by atoms with E-state index in [2.05, 4.69) is 10.0 Å². The van der Waals surface area contributed by atoms with E-state index in [1.54, 1.807) is 30.3 Å². The largest absolute Gasteiger partial charge is 0.492 e. The molecule has 1 atom stereocenters. The van der Waals surface area contributed by atoms with Crippen LogP contribution >= 0.6 is 11.6 Å². The van der Waals surface area contributed by atoms with Crippen molar-refractivity contribution in [2.45, 2.75) is 37.6 Å². The highest BCUT2D eigenvalue weighted by atomic mass is 35.5. The van der Waals surface area contributed by atoms with E-state index in [1.807, 2.05) is 44.2 Å². The third-order valence-electron chi connectivity index (χ3n) is 4.98. The van der Waals surface area contributed by atoms with Gasteiger partial charge in [-0.15, -0.1) is 0 Å². The lowest BCUT2D eigenvalue weighted by molar-refractivity contribution is 0.102. The second kappa shape index (κ2) is 11.3. The Balaban J connectivity index is 1.76. The van der Waals surface area contributed by atoms with Gasteiger partial charge in [-0.2, -0.15) is 0 Å². The minimum Gasteiger partial charge on any atom is -0.492 e. The minimum absolute atomic E-state index is 0.0453. The van der Waals surface area contributed by atoms with Gasteiger partial charge in [0.15, 0.2) is 0 Å². The highest BCUT2D eigenvalue weighted by Crippen LogP contribution is 2.29. The SMILES string of the molecule is CCOc1ccc(S(=O)(=O)N[C@@H](C)CCc2ccccc2)cc1NC(=O)c1ccc(Cl)cc1. The van der Waals surface area contributed by atoms with Gasteiger partial charge in [0.1, 0.15) is 5.75 Å². The van der Waals surface area contributed by atoms with E-state index in [1.165, 1.54) is 12.1 Å². The van der Waals surface area contributed by atoms with Crippen LogP contribution in [-0.2, 0) is 16.4 Å². The molecule has 0 aromatic heterocycles. The molecule has 0 fully saturated rings. The second-order valence-electron chi connectivity index (χ2n) is 7.60. The van der Waals surface area contributed by atoms with E-state index in [4.69, 9.17) is 16.3 Å². The van der Waals surface area contributed by atoms with Gasteiger partial charge >= 0.3 is 0 Å². The average molecular weight is 487 g/mol. The first-order chi connectivity index (χ1) is 15.8. The van der Waals surface area contributed by atoms with Crippen LogP contribution in [-0.4, -0.2) is 27.0 Å². The van der Waals surface area contributed by atoms with Crippen molar-refractivity contribution < 1.29 is 17.9 Å². The fourth-order valence-electron chi connectivity index (χ4n) is 3.27. The predicted octanol–water partition coefficient (Wildman–Crippen LogP) is 5.29. The Hall–Kier alpha value is -2.87. The molecule has 0 aliphatic carbocycles. The zero-order valence-corrected chi connectivity index (χ0v) is 20.1. The van der Waals surface area contributed by atoms with Crippen molar-refractivity contribution in [3.8, 4) is 5.75 Å². The lowest BCUT2D eigenvalue weighted by Crippen LogP contribution is -2.33. The second-order valence-corrected chi connectivity index (χ2v) is 9.75. The van der Waals surface area contributed by atoms with Crippen LogP contribution in [0.2, 0.25) is 5.02 Å². The number of rotatable bonds is 10. The Labute approximate surface area is 200 Å². The molecule has 0 bridgehead atoms. The number of aryl methyl sites for hydroxylation is 1. The Morgan fingerprint density at radius 1 is 1.03 bits per heavy atom. The standard InChI is InChI=1S/C25H27ClN2O4S/c1-3-32-24-16-15-22(17-23(24)27-25(29)20-11-13-21(26)14-12-20)33(30,31)28-18(2)9-10-19-7-5-4-6-8-19/h4-8,11-18,28H,3,9-10H2,1-2H3,(H,27,29)/t18-/m0/s1. The molecule has 0 saturated carbocycles. The molecule has 0 unspecified atom stereocenters. The minimum atomic E-state index is -3.80. The lowest BCUT2D eigenvalue weighted by atomic mass is 10.1. The number of carbonyl (C=O) groups excluding carboxylic acids is 1. The molecule has 0 saturated heterocycles. The van der Waals surface area contributed by atoms with Crippen molar-refractivity contribution in [2.75, 3.05) is 11.9 Å². The average Bonchev–Trinajstić information content (AvgIpc) is 2.79. The number of hydrogen-bond acceptors (Lipinski definition) is 4. The number of amides is 1. The van der Waals surface area contributed by atoms with E-state index in [0.717, 1.165) is 12.0 Å². The van der Waals surface area contributed by atoms with Gasteiger partial charge < -0.3 is 10.1 Å². The number of benzene rings is 3. The van der Waals surface area contributed by atoms with Crippen molar-refractivity contribution >= 4 is 33.2 Å². The maximum absolute atomic E-state index is 13.0. The smallest absolute Gasteiger partial charge is 0.255 e. The molecular weight excluding hydrogens is 460 g/mol. The maximum Gasteiger partial charge on any atom is 0.255 e. The van der Waals surface area contributed by atoms with Gasteiger partial charge in [0.2, 0.25) is 10.0 Å². The van der Waals surface area contributed by atoms with Crippen LogP contribution in [0.5, 0.6) is 5.75 Å². The predicted molar refractivity (Wildman–Crippen MR) is 132 cm³/mol.